The zero-order valence-corrected chi connectivity index (χ0v) is 81.6. The molecular formula is C106H99ClF5N15O12S5. The summed E-state index contributed by atoms with van der Waals surface area (Å²) in [6.45, 7) is 2.72. The lowest BCUT2D eigenvalue weighted by atomic mass is 9.92. The molecule has 5 saturated heterocycles. The van der Waals surface area contributed by atoms with Crippen molar-refractivity contribution in [3.05, 3.63) is 328 Å². The first-order chi connectivity index (χ1) is 69.5. The summed E-state index contributed by atoms with van der Waals surface area (Å²) in [6.07, 6.45) is 8.80. The van der Waals surface area contributed by atoms with Crippen LogP contribution in [0.1, 0.15) is 179 Å². The highest BCUT2D eigenvalue weighted by molar-refractivity contribution is 8.00. The van der Waals surface area contributed by atoms with E-state index in [-0.39, 0.29) is 137 Å². The van der Waals surface area contributed by atoms with Crippen molar-refractivity contribution in [2.75, 3.05) is 61.5 Å². The number of thioether (sulfide) groups is 5. The minimum Gasteiger partial charge on any atom is -0.409 e. The van der Waals surface area contributed by atoms with E-state index in [0.717, 1.165) is 140 Å². The number of carbonyl (C=O) groups is 7. The molecule has 27 nitrogen and oxygen atoms in total. The summed E-state index contributed by atoms with van der Waals surface area (Å²) >= 11 is 13.8. The largest absolute Gasteiger partial charge is 0.409 e. The Bertz CT molecular complexity index is 6470. The monoisotopic (exact) mass is 2060 g/mol. The Balaban J connectivity index is 0.000000121. The highest BCUT2D eigenvalue weighted by Crippen LogP contribution is 2.44. The molecule has 6 unspecified atom stereocenters. The van der Waals surface area contributed by atoms with Crippen LogP contribution in [0.15, 0.2) is 291 Å². The normalized spacial score (nSPS) is 21.4. The molecule has 38 heteroatoms. The fourth-order valence-corrected chi connectivity index (χ4v) is 24.9. The van der Waals surface area contributed by atoms with E-state index in [9.17, 15) is 55.5 Å². The minimum atomic E-state index is -0.710. The van der Waals surface area contributed by atoms with Crippen molar-refractivity contribution < 1.29 is 79.1 Å². The number of halogens is 6. The molecule has 13 aromatic rings. The third-order valence-electron chi connectivity index (χ3n) is 26.6. The second-order valence-corrected chi connectivity index (χ2v) is 41.2. The topological polar surface area (TPSA) is 359 Å². The van der Waals surface area contributed by atoms with Crippen LogP contribution in [-0.4, -0.2) is 204 Å². The molecule has 0 aliphatic carbocycles. The van der Waals surface area contributed by atoms with Crippen molar-refractivity contribution in [1.29, 1.82) is 0 Å². The van der Waals surface area contributed by atoms with E-state index in [0.29, 0.717) is 95.7 Å². The number of oxime groups is 2. The number of piperidine rings is 5. The first-order valence-electron chi connectivity index (χ1n) is 46.7. The summed E-state index contributed by atoms with van der Waals surface area (Å²) in [7, 11) is 0. The van der Waals surface area contributed by atoms with Crippen LogP contribution < -0.4 is 11.5 Å². The first kappa shape index (κ1) is 102. The van der Waals surface area contributed by atoms with Gasteiger partial charge in [-0.3, -0.25) is 28.8 Å². The molecule has 5 N–H and O–H groups in total. The average Bonchev–Trinajstić information content (AvgIpc) is 1.61. The third kappa shape index (κ3) is 23.9. The van der Waals surface area contributed by atoms with Gasteiger partial charge in [0.25, 0.3) is 52.5 Å². The molecule has 13 heterocycles. The molecule has 10 aliphatic heterocycles. The minimum absolute atomic E-state index is 0. The fraction of sp³-hybridized carbons (Fsp3) is 0.292. The third-order valence-corrected chi connectivity index (χ3v) is 32.9. The number of benzene rings is 10. The van der Waals surface area contributed by atoms with Crippen LogP contribution in [0.3, 0.4) is 0 Å². The molecule has 742 valence electrons. The van der Waals surface area contributed by atoms with Crippen molar-refractivity contribution in [3.8, 4) is 34.4 Å². The number of carbonyl (C=O) groups excluding carboxylic acids is 7. The lowest BCUT2D eigenvalue weighted by Gasteiger charge is -2.38. The Kier molecular flexibility index (Phi) is 33.3. The molecule has 3 aromatic heterocycles. The van der Waals surface area contributed by atoms with Gasteiger partial charge in [0.15, 0.2) is 17.5 Å². The van der Waals surface area contributed by atoms with E-state index in [2.05, 4.69) is 40.7 Å². The highest BCUT2D eigenvalue weighted by atomic mass is 35.5. The number of aromatic nitrogens is 6. The van der Waals surface area contributed by atoms with Gasteiger partial charge in [0, 0.05) is 168 Å². The Morgan fingerprint density at radius 2 is 0.597 bits per heavy atom. The molecule has 5 amide bonds. The smallest absolute Gasteiger partial charge is 0.365 e. The van der Waals surface area contributed by atoms with Crippen molar-refractivity contribution >= 4 is 123 Å². The molecule has 10 aromatic carbocycles. The Morgan fingerprint density at radius 3 is 0.875 bits per heavy atom. The summed E-state index contributed by atoms with van der Waals surface area (Å²) in [5.41, 5.74) is 18.1. The van der Waals surface area contributed by atoms with E-state index >= 15 is 0 Å². The van der Waals surface area contributed by atoms with E-state index in [1.807, 2.05) is 146 Å². The molecule has 144 heavy (non-hydrogen) atoms. The number of hydrogen-bond acceptors (Lipinski definition) is 25. The standard InChI is InChI=1S/C21H20FN3O3S.3C21H18FN3O2S.C14H17N3O2S.C7H4ClFO.CH4/c22-15-8-5-13(6-9-15)21(27)28-24-19(23)14-7-10-16-12-29-18-4-2-1-3-17(18)20(26)25(16)11-14;3*22-15-8-5-13(6-9-15)20-23-19(24-27-20)14-7-10-16-12-28-18-4-2-1-3-17(18)21(26)25(16)11-14;15-13(16-19)9-5-6-10-8-20-12-4-2-1-3-11(12)14(18)17(10)7-9;8-7(10)5-1-3-6(9)4-2-5;/h1-6,8-9,14,16H,7,10-12H2,(H2,23,24);3*1-6,8-9,14,16H,7,10-12H2;1-4,9-10,19H,5-8H2,(H2,15,16);1-4H;1H4/t;2*14-,16-;;;;/m.10..../s1. The maximum atomic E-state index is 13.1. The average molecular weight is 2070 g/mol. The molecule has 10 atom stereocenters. The first-order valence-corrected chi connectivity index (χ1v) is 52.0. The molecule has 10 aliphatic rings. The zero-order valence-electron chi connectivity index (χ0n) is 76.7. The van der Waals surface area contributed by atoms with E-state index < -0.39 is 17.0 Å². The van der Waals surface area contributed by atoms with E-state index in [1.54, 1.807) is 95.2 Å². The van der Waals surface area contributed by atoms with Crippen LogP contribution in [0.2, 0.25) is 0 Å². The second-order valence-electron chi connectivity index (χ2n) is 35.6. The van der Waals surface area contributed by atoms with Crippen LogP contribution in [0.25, 0.3) is 34.4 Å². The maximum absolute atomic E-state index is 13.1. The summed E-state index contributed by atoms with van der Waals surface area (Å²) in [6, 6.07) is 67.8. The summed E-state index contributed by atoms with van der Waals surface area (Å²) < 4.78 is 80.7. The van der Waals surface area contributed by atoms with Gasteiger partial charge in [0.05, 0.1) is 33.4 Å². The van der Waals surface area contributed by atoms with Crippen molar-refractivity contribution in [2.24, 2.45) is 33.6 Å². The molecule has 0 radical (unpaired) electrons. The highest BCUT2D eigenvalue weighted by Gasteiger charge is 2.44. The quantitative estimate of drug-likeness (QED) is 0.0206. The fourth-order valence-electron chi connectivity index (χ4n) is 18.7. The molecule has 0 saturated carbocycles. The molecule has 0 bridgehead atoms. The zero-order chi connectivity index (χ0) is 99.3. The van der Waals surface area contributed by atoms with Gasteiger partial charge in [-0.2, -0.15) is 15.0 Å². The predicted molar refractivity (Wildman–Crippen MR) is 541 cm³/mol. The molecular weight excluding hydrogens is 1970 g/mol. The van der Waals surface area contributed by atoms with Crippen LogP contribution >= 0.6 is 70.4 Å². The van der Waals surface area contributed by atoms with E-state index in [4.69, 9.17) is 46.7 Å². The Morgan fingerprint density at radius 1 is 0.347 bits per heavy atom. The van der Waals surface area contributed by atoms with Gasteiger partial charge in [-0.05, 0) is 258 Å². The lowest BCUT2D eigenvalue weighted by molar-refractivity contribution is 0.0499. The maximum Gasteiger partial charge on any atom is 0.365 e. The van der Waals surface area contributed by atoms with Gasteiger partial charge in [0.1, 0.15) is 40.8 Å². The van der Waals surface area contributed by atoms with Crippen molar-refractivity contribution in [1.82, 2.24) is 54.9 Å². The van der Waals surface area contributed by atoms with Gasteiger partial charge in [-0.15, -0.1) is 58.8 Å². The SMILES string of the molecule is C.N/C(=N\O)C1CCC2CSc3ccccc3C(=O)N2C1.N/C(=N\OC(=O)c1ccc(F)cc1)C1CCC2CSc3ccccc3C(=O)N2C1.O=C(Cl)c1ccc(F)cc1.O=C1c2ccccc2SCC2CCC(c3noc(-c4ccc(F)cc4)n3)CN12.O=C1c2ccccc2SC[C@@H]2CC[C@H](c3noc(-c4ccc(F)cc4)n3)CN12.O=C1c2ccccc2SC[C@H]2CC[C@@H](c3noc(-c4ccc(F)cc4)n3)CN12. The van der Waals surface area contributed by atoms with Gasteiger partial charge in [-0.1, -0.05) is 93.9 Å². The molecule has 5 fully saturated rings. The molecule has 23 rings (SSSR count). The van der Waals surface area contributed by atoms with Crippen molar-refractivity contribution in [2.45, 2.75) is 144 Å². The number of nitrogens with two attached hydrogens (primary N) is 2. The number of amides is 5. The summed E-state index contributed by atoms with van der Waals surface area (Å²) in [5, 5.41) is 27.6. The Hall–Kier alpha value is -13.5. The molecule has 0 spiro atoms. The number of nitrogens with zero attached hydrogens (tertiary/aromatic N) is 13. The van der Waals surface area contributed by atoms with Crippen LogP contribution in [-0.2, 0) is 4.84 Å². The van der Waals surface area contributed by atoms with Crippen LogP contribution in [0.5, 0.6) is 0 Å². The van der Waals surface area contributed by atoms with Crippen LogP contribution in [0, 0.1) is 40.9 Å². The second kappa shape index (κ2) is 46.9. The van der Waals surface area contributed by atoms with Gasteiger partial charge < -0.3 is 59.6 Å². The number of amidine groups is 2. The van der Waals surface area contributed by atoms with Crippen molar-refractivity contribution in [3.63, 3.8) is 0 Å². The van der Waals surface area contributed by atoms with Gasteiger partial charge in [0.2, 0.25) is 0 Å². The number of hydrogen-bond donors (Lipinski definition) is 3. The Labute approximate surface area is 852 Å². The summed E-state index contributed by atoms with van der Waals surface area (Å²) in [5.74, 6) is 5.54. The van der Waals surface area contributed by atoms with E-state index in [1.165, 1.54) is 84.9 Å². The van der Waals surface area contributed by atoms with Gasteiger partial charge >= 0.3 is 5.97 Å². The van der Waals surface area contributed by atoms with Crippen LogP contribution in [0.4, 0.5) is 22.0 Å². The summed E-state index contributed by atoms with van der Waals surface area (Å²) in [4.78, 5) is 121. The van der Waals surface area contributed by atoms with Gasteiger partial charge in [-0.25, -0.2) is 26.7 Å². The lowest BCUT2D eigenvalue weighted by Crippen LogP contribution is -2.50. The number of rotatable bonds is 11. The number of fused-ring (bicyclic) bond motifs is 10. The predicted octanol–water partition coefficient (Wildman–Crippen LogP) is 21.0.